The van der Waals surface area contributed by atoms with Gasteiger partial charge in [-0.05, 0) is 38.5 Å². The second kappa shape index (κ2) is 4.61. The highest BCUT2D eigenvalue weighted by Crippen LogP contribution is 2.39. The Bertz CT molecular complexity index is 433. The molecule has 0 amide bonds. The molecule has 100 valence electrons. The van der Waals surface area contributed by atoms with Crippen LogP contribution in [0.5, 0.6) is 0 Å². The summed E-state index contributed by atoms with van der Waals surface area (Å²) >= 11 is 0. The van der Waals surface area contributed by atoms with E-state index in [0.29, 0.717) is 5.56 Å². The molecule has 4 nitrogen and oxygen atoms in total. The van der Waals surface area contributed by atoms with Crippen molar-refractivity contribution in [3.63, 3.8) is 0 Å². The Labute approximate surface area is 108 Å². The Morgan fingerprint density at radius 1 is 1.11 bits per heavy atom. The molecule has 1 rings (SSSR count). The lowest BCUT2D eigenvalue weighted by atomic mass is 9.72. The molecule has 0 saturated carbocycles. The predicted molar refractivity (Wildman–Crippen MR) is 71.8 cm³/mol. The van der Waals surface area contributed by atoms with E-state index in [4.69, 9.17) is 0 Å². The van der Waals surface area contributed by atoms with Gasteiger partial charge >= 0.3 is 5.97 Å². The zero-order chi connectivity index (χ0) is 14.1. The maximum absolute atomic E-state index is 11.2. The molecular formula is C14H21NO3. The summed E-state index contributed by atoms with van der Waals surface area (Å²) in [6, 6.07) is 7.25. The number of hydrogen-bond acceptors (Lipinski definition) is 3. The SMILES string of the molecule is CN(C)c1ccc(C(C)(O)C(C)(C)C(=O)O)cc1. The standard InChI is InChI=1S/C14H21NO3/c1-13(2,12(16)17)14(3,18)10-6-8-11(9-7-10)15(4)5/h6-9,18H,1-5H3,(H,16,17). The lowest BCUT2D eigenvalue weighted by Crippen LogP contribution is -2.44. The highest BCUT2D eigenvalue weighted by atomic mass is 16.4. The van der Waals surface area contributed by atoms with Crippen LogP contribution in [0.25, 0.3) is 0 Å². The Morgan fingerprint density at radius 2 is 1.56 bits per heavy atom. The van der Waals surface area contributed by atoms with E-state index in [2.05, 4.69) is 0 Å². The van der Waals surface area contributed by atoms with Crippen LogP contribution >= 0.6 is 0 Å². The number of carbonyl (C=O) groups is 1. The number of benzene rings is 1. The quantitative estimate of drug-likeness (QED) is 0.860. The van der Waals surface area contributed by atoms with E-state index in [9.17, 15) is 15.0 Å². The molecule has 0 bridgehead atoms. The van der Waals surface area contributed by atoms with Crippen molar-refractivity contribution in [2.24, 2.45) is 5.41 Å². The van der Waals surface area contributed by atoms with E-state index in [1.165, 1.54) is 20.8 Å². The third-order valence-electron chi connectivity index (χ3n) is 3.70. The normalized spacial score (nSPS) is 15.0. The van der Waals surface area contributed by atoms with E-state index >= 15 is 0 Å². The fourth-order valence-corrected chi connectivity index (χ4v) is 1.65. The highest BCUT2D eigenvalue weighted by Gasteiger charge is 2.46. The van der Waals surface area contributed by atoms with Crippen LogP contribution in [0, 0.1) is 5.41 Å². The Balaban J connectivity index is 3.17. The van der Waals surface area contributed by atoms with Gasteiger partial charge in [0.25, 0.3) is 0 Å². The number of carboxylic acids is 1. The minimum atomic E-state index is -1.43. The average molecular weight is 251 g/mol. The van der Waals surface area contributed by atoms with Gasteiger partial charge in [-0.3, -0.25) is 4.79 Å². The van der Waals surface area contributed by atoms with Gasteiger partial charge in [0.2, 0.25) is 0 Å². The molecule has 1 atom stereocenters. The number of carboxylic acid groups (broad SMARTS) is 1. The van der Waals surface area contributed by atoms with Gasteiger partial charge in [-0.1, -0.05) is 12.1 Å². The van der Waals surface area contributed by atoms with Crippen molar-refractivity contribution in [2.75, 3.05) is 19.0 Å². The molecule has 4 heteroatoms. The second-order valence-corrected chi connectivity index (χ2v) is 5.44. The summed E-state index contributed by atoms with van der Waals surface area (Å²) < 4.78 is 0. The fraction of sp³-hybridized carbons (Fsp3) is 0.500. The first-order chi connectivity index (χ1) is 8.10. The molecule has 0 aliphatic carbocycles. The minimum absolute atomic E-state index is 0.598. The van der Waals surface area contributed by atoms with Gasteiger partial charge in [0.05, 0.1) is 5.41 Å². The van der Waals surface area contributed by atoms with Crippen LogP contribution in [0.1, 0.15) is 26.3 Å². The summed E-state index contributed by atoms with van der Waals surface area (Å²) in [6.07, 6.45) is 0. The summed E-state index contributed by atoms with van der Waals surface area (Å²) in [7, 11) is 3.85. The van der Waals surface area contributed by atoms with Crippen molar-refractivity contribution in [1.82, 2.24) is 0 Å². The monoisotopic (exact) mass is 251 g/mol. The first-order valence-corrected chi connectivity index (χ1v) is 5.84. The van der Waals surface area contributed by atoms with Crippen LogP contribution in [0.2, 0.25) is 0 Å². The van der Waals surface area contributed by atoms with E-state index < -0.39 is 17.0 Å². The van der Waals surface area contributed by atoms with E-state index in [1.807, 2.05) is 31.1 Å². The van der Waals surface area contributed by atoms with Crippen LogP contribution in [-0.4, -0.2) is 30.3 Å². The maximum Gasteiger partial charge on any atom is 0.312 e. The maximum atomic E-state index is 11.2. The van der Waals surface area contributed by atoms with Crippen molar-refractivity contribution < 1.29 is 15.0 Å². The fourth-order valence-electron chi connectivity index (χ4n) is 1.65. The number of rotatable bonds is 4. The number of nitrogens with zero attached hydrogens (tertiary/aromatic N) is 1. The van der Waals surface area contributed by atoms with Crippen molar-refractivity contribution in [3.8, 4) is 0 Å². The zero-order valence-electron chi connectivity index (χ0n) is 11.6. The topological polar surface area (TPSA) is 60.8 Å². The number of anilines is 1. The molecule has 0 fully saturated rings. The van der Waals surface area contributed by atoms with Gasteiger partial charge in [-0.15, -0.1) is 0 Å². The summed E-state index contributed by atoms with van der Waals surface area (Å²) in [5.74, 6) is -1.02. The molecule has 1 unspecified atom stereocenters. The molecule has 0 spiro atoms. The lowest BCUT2D eigenvalue weighted by molar-refractivity contribution is -0.164. The van der Waals surface area contributed by atoms with Crippen LogP contribution in [-0.2, 0) is 10.4 Å². The molecular weight excluding hydrogens is 230 g/mol. The largest absolute Gasteiger partial charge is 0.481 e. The van der Waals surface area contributed by atoms with Crippen molar-refractivity contribution >= 4 is 11.7 Å². The zero-order valence-corrected chi connectivity index (χ0v) is 11.6. The van der Waals surface area contributed by atoms with Crippen LogP contribution in [0.4, 0.5) is 5.69 Å². The summed E-state index contributed by atoms with van der Waals surface area (Å²) in [5.41, 5.74) is -1.08. The third kappa shape index (κ3) is 2.34. The molecule has 0 aromatic heterocycles. The molecule has 1 aromatic rings. The Hall–Kier alpha value is -1.55. The number of hydrogen-bond donors (Lipinski definition) is 2. The Kier molecular flexibility index (Phi) is 3.72. The van der Waals surface area contributed by atoms with Gasteiger partial charge in [0.15, 0.2) is 0 Å². The van der Waals surface area contributed by atoms with Gasteiger partial charge in [-0.25, -0.2) is 0 Å². The van der Waals surface area contributed by atoms with Gasteiger partial charge < -0.3 is 15.1 Å². The minimum Gasteiger partial charge on any atom is -0.481 e. The smallest absolute Gasteiger partial charge is 0.312 e. The van der Waals surface area contributed by atoms with Crippen molar-refractivity contribution in [2.45, 2.75) is 26.4 Å². The number of aliphatic hydroxyl groups is 1. The third-order valence-corrected chi connectivity index (χ3v) is 3.70. The van der Waals surface area contributed by atoms with Crippen molar-refractivity contribution in [1.29, 1.82) is 0 Å². The second-order valence-electron chi connectivity index (χ2n) is 5.44. The molecule has 0 aliphatic rings. The van der Waals surface area contributed by atoms with Crippen molar-refractivity contribution in [3.05, 3.63) is 29.8 Å². The summed E-state index contributed by atoms with van der Waals surface area (Å²) in [4.78, 5) is 13.2. The summed E-state index contributed by atoms with van der Waals surface area (Å²) in [6.45, 7) is 4.58. The first-order valence-electron chi connectivity index (χ1n) is 5.84. The molecule has 0 aliphatic heterocycles. The van der Waals surface area contributed by atoms with E-state index in [-0.39, 0.29) is 0 Å². The Morgan fingerprint density at radius 3 is 1.89 bits per heavy atom. The van der Waals surface area contributed by atoms with Crippen LogP contribution < -0.4 is 4.90 Å². The first kappa shape index (κ1) is 14.5. The number of aliphatic carboxylic acids is 1. The molecule has 1 aromatic carbocycles. The van der Waals surface area contributed by atoms with Crippen LogP contribution in [0.15, 0.2) is 24.3 Å². The molecule has 2 N–H and O–H groups in total. The van der Waals surface area contributed by atoms with E-state index in [1.54, 1.807) is 12.1 Å². The van der Waals surface area contributed by atoms with E-state index in [0.717, 1.165) is 5.69 Å². The lowest BCUT2D eigenvalue weighted by Gasteiger charge is -2.37. The molecule has 0 saturated heterocycles. The van der Waals surface area contributed by atoms with Gasteiger partial charge in [0, 0.05) is 19.8 Å². The van der Waals surface area contributed by atoms with Crippen LogP contribution in [0.3, 0.4) is 0 Å². The summed E-state index contributed by atoms with van der Waals surface area (Å²) in [5, 5.41) is 19.7. The molecule has 0 heterocycles. The van der Waals surface area contributed by atoms with Gasteiger partial charge in [-0.2, -0.15) is 0 Å². The molecule has 0 radical (unpaired) electrons. The molecule has 18 heavy (non-hydrogen) atoms. The predicted octanol–water partition coefficient (Wildman–Crippen LogP) is 2.07. The highest BCUT2D eigenvalue weighted by molar-refractivity contribution is 5.75. The average Bonchev–Trinajstić information content (AvgIpc) is 2.28. The van der Waals surface area contributed by atoms with Gasteiger partial charge in [0.1, 0.15) is 5.60 Å².